The number of nitrogens with zero attached hydrogens (tertiary/aromatic N) is 6. The van der Waals surface area contributed by atoms with Gasteiger partial charge in [-0.1, -0.05) is 45.2 Å². The molecule has 0 atom stereocenters. The predicted octanol–water partition coefficient (Wildman–Crippen LogP) is 2.38. The molecule has 7 aromatic rings. The van der Waals surface area contributed by atoms with Crippen LogP contribution >= 0.6 is 0 Å². The van der Waals surface area contributed by atoms with Gasteiger partial charge in [0.1, 0.15) is 5.52 Å². The second-order valence-corrected chi connectivity index (χ2v) is 8.05. The summed E-state index contributed by atoms with van der Waals surface area (Å²) in [5.41, 5.74) is 7.20. The van der Waals surface area contributed by atoms with Crippen molar-refractivity contribution >= 4 is 50.4 Å². The molecule has 0 bridgehead atoms. The Morgan fingerprint density at radius 1 is 0.433 bits per heavy atom. The number of hydrogen-bond donors (Lipinski definition) is 0. The molecule has 0 aliphatic rings. The summed E-state index contributed by atoms with van der Waals surface area (Å²) >= 11 is 0. The highest BCUT2D eigenvalue weighted by molar-refractivity contribution is 5.79. The Balaban J connectivity index is 2.02. The van der Waals surface area contributed by atoms with E-state index < -0.39 is 0 Å². The lowest BCUT2D eigenvalue weighted by molar-refractivity contribution is -0.694. The quantitative estimate of drug-likeness (QED) is 0.354. The molecule has 0 aliphatic carbocycles. The first-order valence-electron chi connectivity index (χ1n) is 10.2. The van der Waals surface area contributed by atoms with Crippen LogP contribution in [-0.4, -0.2) is 13.7 Å². The predicted molar refractivity (Wildman–Crippen MR) is 115 cm³/mol. The smallest absolute Gasteiger partial charge is 0.263 e. The molecule has 0 fully saturated rings. The lowest BCUT2D eigenvalue weighted by Gasteiger charge is -1.92. The second-order valence-electron chi connectivity index (χ2n) is 8.05. The topological polar surface area (TPSA) is 27.1 Å². The third-order valence-electron chi connectivity index (χ3n) is 6.55. The maximum atomic E-state index is 2.38. The Hall–Kier alpha value is -3.93. The van der Waals surface area contributed by atoms with E-state index in [1.165, 1.54) is 33.1 Å². The molecule has 0 saturated heterocycles. The summed E-state index contributed by atoms with van der Waals surface area (Å²) in [5.74, 6) is 3.40. The van der Waals surface area contributed by atoms with Crippen molar-refractivity contribution in [1.29, 1.82) is 0 Å². The largest absolute Gasteiger partial charge is 0.523 e. The summed E-state index contributed by atoms with van der Waals surface area (Å²) in [4.78, 5) is 0. The summed E-state index contributed by atoms with van der Waals surface area (Å²) in [6.07, 6.45) is 0. The van der Waals surface area contributed by atoms with Crippen LogP contribution in [0.4, 0.5) is 0 Å². The first-order chi connectivity index (χ1) is 14.7. The standard InChI is InChI=1S/C24H21N6/c1-25-16-10-4-7-13-19(16)28-22(25)29-20-14-8-5-11-17(20)26(2)24(29)30-21-15-9-6-12-18(21)27(3)23(28)30/h4-15H,1-3H3/q+3. The van der Waals surface area contributed by atoms with Gasteiger partial charge in [-0.3, -0.25) is 4.57 Å². The van der Waals surface area contributed by atoms with Crippen molar-refractivity contribution in [2.24, 2.45) is 21.1 Å². The molecule has 6 heteroatoms. The molecule has 0 saturated carbocycles. The van der Waals surface area contributed by atoms with Gasteiger partial charge < -0.3 is 0 Å². The number of rotatable bonds is 0. The third-order valence-corrected chi connectivity index (χ3v) is 6.55. The van der Waals surface area contributed by atoms with E-state index in [1.54, 1.807) is 0 Å². The zero-order valence-electron chi connectivity index (χ0n) is 17.1. The van der Waals surface area contributed by atoms with Gasteiger partial charge in [-0.05, 0) is 40.8 Å². The summed E-state index contributed by atoms with van der Waals surface area (Å²) in [6, 6.07) is 25.9. The maximum Gasteiger partial charge on any atom is 0.523 e. The van der Waals surface area contributed by atoms with Crippen molar-refractivity contribution in [2.45, 2.75) is 0 Å². The van der Waals surface area contributed by atoms with Gasteiger partial charge in [-0.25, -0.2) is 0 Å². The molecule has 0 radical (unpaired) electrons. The van der Waals surface area contributed by atoms with Crippen LogP contribution in [0.15, 0.2) is 72.8 Å². The maximum absolute atomic E-state index is 2.38. The van der Waals surface area contributed by atoms with Gasteiger partial charge in [-0.2, -0.15) is 9.13 Å². The molecular formula is C24H21N6+3. The zero-order chi connectivity index (χ0) is 20.1. The Morgan fingerprint density at radius 3 is 1.00 bits per heavy atom. The van der Waals surface area contributed by atoms with E-state index in [0.29, 0.717) is 0 Å². The van der Waals surface area contributed by atoms with E-state index >= 15 is 0 Å². The highest BCUT2D eigenvalue weighted by atomic mass is 15.4. The van der Waals surface area contributed by atoms with Crippen LogP contribution < -0.4 is 13.2 Å². The van der Waals surface area contributed by atoms with Crippen LogP contribution in [0.2, 0.25) is 0 Å². The van der Waals surface area contributed by atoms with Gasteiger partial charge in [-0.15, -0.1) is 0 Å². The average Bonchev–Trinajstić information content (AvgIpc) is 3.36. The van der Waals surface area contributed by atoms with Crippen LogP contribution in [0.5, 0.6) is 0 Å². The van der Waals surface area contributed by atoms with Crippen LogP contribution in [0.3, 0.4) is 0 Å². The van der Waals surface area contributed by atoms with Crippen LogP contribution in [-0.2, 0) is 21.1 Å². The van der Waals surface area contributed by atoms with Gasteiger partial charge in [0.2, 0.25) is 22.1 Å². The summed E-state index contributed by atoms with van der Waals surface area (Å²) in [6.45, 7) is 0. The summed E-state index contributed by atoms with van der Waals surface area (Å²) in [7, 11) is 6.47. The fourth-order valence-corrected chi connectivity index (χ4v) is 5.25. The number of aromatic nitrogens is 6. The van der Waals surface area contributed by atoms with Gasteiger partial charge in [0.25, 0.3) is 0 Å². The normalized spacial score (nSPS) is 12.5. The lowest BCUT2D eigenvalue weighted by Crippen LogP contribution is -2.49. The second kappa shape index (κ2) is 5.16. The van der Waals surface area contributed by atoms with E-state index in [-0.39, 0.29) is 0 Å². The van der Waals surface area contributed by atoms with Crippen molar-refractivity contribution in [2.75, 3.05) is 0 Å². The Bertz CT molecular complexity index is 1580. The molecule has 4 aromatic heterocycles. The Morgan fingerprint density at radius 2 is 0.700 bits per heavy atom. The number of hydrogen-bond acceptors (Lipinski definition) is 0. The molecule has 144 valence electrons. The highest BCUT2D eigenvalue weighted by Crippen LogP contribution is 2.20. The van der Waals surface area contributed by atoms with Crippen LogP contribution in [0.1, 0.15) is 0 Å². The minimum atomic E-state index is 1.13. The fourth-order valence-electron chi connectivity index (χ4n) is 5.25. The number of benzene rings is 3. The molecule has 7 rings (SSSR count). The first-order valence-corrected chi connectivity index (χ1v) is 10.2. The third kappa shape index (κ3) is 1.61. The van der Waals surface area contributed by atoms with E-state index in [2.05, 4.69) is 121 Å². The monoisotopic (exact) mass is 393 g/mol. The molecular weight excluding hydrogens is 372 g/mol. The SMILES string of the molecule is Cn1c2ccccc2[n+]2c1[n+]1c3ccccc3n(C)c1[n+]1c3ccccc3n(C)c21. The minimum absolute atomic E-state index is 1.13. The minimum Gasteiger partial charge on any atom is -0.263 e. The van der Waals surface area contributed by atoms with Crippen LogP contribution in [0.25, 0.3) is 50.4 Å². The summed E-state index contributed by atoms with van der Waals surface area (Å²) < 4.78 is 14.0. The van der Waals surface area contributed by atoms with Crippen molar-refractivity contribution in [3.63, 3.8) is 0 Å². The number of para-hydroxylation sites is 6. The van der Waals surface area contributed by atoms with Crippen molar-refractivity contribution in [3.8, 4) is 0 Å². The molecule has 30 heavy (non-hydrogen) atoms. The van der Waals surface area contributed by atoms with Gasteiger partial charge in [0.05, 0.1) is 14.1 Å². The Labute approximate surface area is 171 Å². The molecule has 0 unspecified atom stereocenters. The number of fused-ring (bicyclic) bond motifs is 12. The molecule has 4 heterocycles. The highest BCUT2D eigenvalue weighted by Gasteiger charge is 2.40. The van der Waals surface area contributed by atoms with Gasteiger partial charge in [0.15, 0.2) is 5.52 Å². The van der Waals surface area contributed by atoms with Crippen molar-refractivity contribution in [1.82, 2.24) is 13.7 Å². The van der Waals surface area contributed by atoms with Crippen molar-refractivity contribution in [3.05, 3.63) is 72.8 Å². The molecule has 6 nitrogen and oxygen atoms in total. The molecule has 0 N–H and O–H groups in total. The molecule has 0 amide bonds. The molecule has 0 spiro atoms. The van der Waals surface area contributed by atoms with E-state index in [0.717, 1.165) is 17.3 Å². The molecule has 0 aliphatic heterocycles. The van der Waals surface area contributed by atoms with Gasteiger partial charge in [0, 0.05) is 7.05 Å². The zero-order valence-corrected chi connectivity index (χ0v) is 17.1. The number of aryl methyl sites for hydroxylation is 3. The Kier molecular flexibility index (Phi) is 2.74. The first kappa shape index (κ1) is 15.9. The van der Waals surface area contributed by atoms with E-state index in [9.17, 15) is 0 Å². The summed E-state index contributed by atoms with van der Waals surface area (Å²) in [5, 5.41) is 0. The average molecular weight is 393 g/mol. The van der Waals surface area contributed by atoms with E-state index in [1.807, 2.05) is 0 Å². The fraction of sp³-hybridized carbons (Fsp3) is 0.125. The van der Waals surface area contributed by atoms with Gasteiger partial charge >= 0.3 is 17.3 Å². The van der Waals surface area contributed by atoms with Crippen molar-refractivity contribution < 1.29 is 13.2 Å². The lowest BCUT2D eigenvalue weighted by atomic mass is 10.3. The molecule has 3 aromatic carbocycles. The van der Waals surface area contributed by atoms with Crippen LogP contribution in [0, 0.1) is 0 Å². The number of imidazole rings is 3. The van der Waals surface area contributed by atoms with E-state index in [4.69, 9.17) is 0 Å².